The molecule has 0 aromatic heterocycles. The summed E-state index contributed by atoms with van der Waals surface area (Å²) in [4.78, 5) is 11.3. The third-order valence-electron chi connectivity index (χ3n) is 5.07. The van der Waals surface area contributed by atoms with E-state index in [-0.39, 0.29) is 5.92 Å². The number of hydrogen-bond donors (Lipinski definition) is 2. The van der Waals surface area contributed by atoms with Gasteiger partial charge in [-0.25, -0.2) is 0 Å². The summed E-state index contributed by atoms with van der Waals surface area (Å²) in [5, 5.41) is 12.8. The van der Waals surface area contributed by atoms with Gasteiger partial charge in [0, 0.05) is 18.5 Å². The molecular formula is C18H23NO2. The Morgan fingerprint density at radius 2 is 2.29 bits per heavy atom. The molecule has 3 atom stereocenters. The maximum atomic E-state index is 11.3. The molecule has 2 aliphatic rings. The lowest BCUT2D eigenvalue weighted by Gasteiger charge is -2.41. The van der Waals surface area contributed by atoms with Crippen LogP contribution in [0.25, 0.3) is 5.57 Å². The van der Waals surface area contributed by atoms with E-state index in [0.717, 1.165) is 19.3 Å². The summed E-state index contributed by atoms with van der Waals surface area (Å²) in [6.07, 6.45) is 5.01. The fraction of sp³-hybridized carbons (Fsp3) is 0.500. The van der Waals surface area contributed by atoms with Crippen LogP contribution in [-0.2, 0) is 11.2 Å². The second-order valence-electron chi connectivity index (χ2n) is 6.15. The van der Waals surface area contributed by atoms with Crippen molar-refractivity contribution in [1.29, 1.82) is 0 Å². The van der Waals surface area contributed by atoms with Crippen molar-refractivity contribution in [3.05, 3.63) is 41.0 Å². The third-order valence-corrected chi connectivity index (χ3v) is 5.07. The van der Waals surface area contributed by atoms with Gasteiger partial charge >= 0.3 is 5.97 Å². The summed E-state index contributed by atoms with van der Waals surface area (Å²) in [6, 6.07) is 6.90. The molecule has 1 heterocycles. The summed E-state index contributed by atoms with van der Waals surface area (Å²) >= 11 is 0. The van der Waals surface area contributed by atoms with Crippen molar-refractivity contribution in [2.45, 2.75) is 45.1 Å². The molecule has 21 heavy (non-hydrogen) atoms. The first kappa shape index (κ1) is 14.3. The number of fused-ring (bicyclic) bond motifs is 3. The zero-order valence-electron chi connectivity index (χ0n) is 12.7. The molecular weight excluding hydrogens is 262 g/mol. The van der Waals surface area contributed by atoms with Crippen molar-refractivity contribution < 1.29 is 9.90 Å². The van der Waals surface area contributed by atoms with E-state index in [2.05, 4.69) is 43.4 Å². The number of carbonyl (C=O) groups is 1. The number of rotatable bonds is 2. The summed E-state index contributed by atoms with van der Waals surface area (Å²) < 4.78 is 0. The van der Waals surface area contributed by atoms with E-state index in [1.165, 1.54) is 22.3 Å². The molecule has 3 heteroatoms. The summed E-state index contributed by atoms with van der Waals surface area (Å²) in [5.74, 6) is -0.618. The highest BCUT2D eigenvalue weighted by Crippen LogP contribution is 2.44. The molecule has 0 bridgehead atoms. The average molecular weight is 285 g/mol. The highest BCUT2D eigenvalue weighted by Gasteiger charge is 2.39. The maximum absolute atomic E-state index is 11.3. The Labute approximate surface area is 126 Å². The molecule has 0 radical (unpaired) electrons. The lowest BCUT2D eigenvalue weighted by Crippen LogP contribution is -2.48. The highest BCUT2D eigenvalue weighted by atomic mass is 16.4. The number of allylic oxidation sites excluding steroid dienone is 1. The molecule has 3 nitrogen and oxygen atoms in total. The van der Waals surface area contributed by atoms with Crippen LogP contribution >= 0.6 is 0 Å². The predicted octanol–water partition coefficient (Wildman–Crippen LogP) is 3.20. The molecule has 1 saturated heterocycles. The number of aryl methyl sites for hydroxylation is 1. The molecule has 0 amide bonds. The van der Waals surface area contributed by atoms with Gasteiger partial charge in [-0.15, -0.1) is 0 Å². The normalized spacial score (nSPS) is 29.8. The van der Waals surface area contributed by atoms with E-state index >= 15 is 0 Å². The lowest BCUT2D eigenvalue weighted by molar-refractivity contribution is -0.142. The molecule has 1 aliphatic heterocycles. The number of carboxylic acids is 1. The maximum Gasteiger partial charge on any atom is 0.307 e. The van der Waals surface area contributed by atoms with Crippen LogP contribution in [0.4, 0.5) is 0 Å². The van der Waals surface area contributed by atoms with Gasteiger partial charge in [0.25, 0.3) is 0 Å². The first-order valence-electron chi connectivity index (χ1n) is 7.89. The van der Waals surface area contributed by atoms with Gasteiger partial charge in [-0.3, -0.25) is 4.79 Å². The standard InChI is InChI=1S/C18H23NO2/c1-3-11-6-5-7-14-15-8-13(18(20)21)10-19-16(15)9-12(4-2)17(11)14/h4-7,13,15-16,19H,3,8-10H2,1-2H3,(H,20,21)/b12-4-/t13-,15-,16?/m1/s1. The van der Waals surface area contributed by atoms with Gasteiger partial charge in [0.05, 0.1) is 5.92 Å². The van der Waals surface area contributed by atoms with E-state index in [4.69, 9.17) is 0 Å². The topological polar surface area (TPSA) is 49.3 Å². The monoisotopic (exact) mass is 285 g/mol. The average Bonchev–Trinajstić information content (AvgIpc) is 2.52. The lowest BCUT2D eigenvalue weighted by atomic mass is 9.69. The Kier molecular flexibility index (Phi) is 3.85. The van der Waals surface area contributed by atoms with Crippen LogP contribution in [0.15, 0.2) is 24.3 Å². The van der Waals surface area contributed by atoms with Gasteiger partial charge in [-0.1, -0.05) is 31.2 Å². The predicted molar refractivity (Wildman–Crippen MR) is 84.4 cm³/mol. The van der Waals surface area contributed by atoms with Crippen molar-refractivity contribution in [2.24, 2.45) is 5.92 Å². The van der Waals surface area contributed by atoms with Gasteiger partial charge < -0.3 is 10.4 Å². The highest BCUT2D eigenvalue weighted by molar-refractivity contribution is 5.75. The summed E-state index contributed by atoms with van der Waals surface area (Å²) in [7, 11) is 0. The zero-order valence-corrected chi connectivity index (χ0v) is 12.7. The number of benzene rings is 1. The molecule has 1 aromatic rings. The molecule has 1 aliphatic carbocycles. The largest absolute Gasteiger partial charge is 0.481 e. The third kappa shape index (κ3) is 2.40. The Bertz CT molecular complexity index is 591. The fourth-order valence-corrected chi connectivity index (χ4v) is 3.95. The Morgan fingerprint density at radius 1 is 1.48 bits per heavy atom. The van der Waals surface area contributed by atoms with Crippen LogP contribution in [0.5, 0.6) is 0 Å². The first-order chi connectivity index (χ1) is 10.2. The molecule has 2 N–H and O–H groups in total. The minimum atomic E-state index is -0.675. The van der Waals surface area contributed by atoms with Crippen LogP contribution in [-0.4, -0.2) is 23.7 Å². The van der Waals surface area contributed by atoms with E-state index in [0.29, 0.717) is 18.5 Å². The number of nitrogens with one attached hydrogen (secondary N) is 1. The van der Waals surface area contributed by atoms with Crippen molar-refractivity contribution in [2.75, 3.05) is 6.54 Å². The number of aliphatic carboxylic acids is 1. The van der Waals surface area contributed by atoms with Crippen molar-refractivity contribution in [3.63, 3.8) is 0 Å². The van der Waals surface area contributed by atoms with Crippen LogP contribution in [0, 0.1) is 5.92 Å². The van der Waals surface area contributed by atoms with Crippen LogP contribution in [0.3, 0.4) is 0 Å². The second-order valence-corrected chi connectivity index (χ2v) is 6.15. The van der Waals surface area contributed by atoms with E-state index in [1.807, 2.05) is 0 Å². The second kappa shape index (κ2) is 5.64. The van der Waals surface area contributed by atoms with E-state index in [9.17, 15) is 9.90 Å². The minimum absolute atomic E-state index is 0.267. The number of carboxylic acid groups (broad SMARTS) is 1. The first-order valence-corrected chi connectivity index (χ1v) is 7.89. The van der Waals surface area contributed by atoms with Gasteiger partial charge in [0.15, 0.2) is 0 Å². The van der Waals surface area contributed by atoms with Gasteiger partial charge in [-0.05, 0) is 48.4 Å². The quantitative estimate of drug-likeness (QED) is 0.877. The zero-order chi connectivity index (χ0) is 15.0. The molecule has 1 fully saturated rings. The minimum Gasteiger partial charge on any atom is -0.481 e. The van der Waals surface area contributed by atoms with Crippen molar-refractivity contribution in [1.82, 2.24) is 5.32 Å². The summed E-state index contributed by atoms with van der Waals surface area (Å²) in [5.41, 5.74) is 5.52. The van der Waals surface area contributed by atoms with Crippen LogP contribution in [0.1, 0.15) is 49.3 Å². The Morgan fingerprint density at radius 3 is 2.95 bits per heavy atom. The van der Waals surface area contributed by atoms with Gasteiger partial charge in [-0.2, -0.15) is 0 Å². The van der Waals surface area contributed by atoms with Gasteiger partial charge in [0.2, 0.25) is 0 Å². The Hall–Kier alpha value is -1.61. The fourth-order valence-electron chi connectivity index (χ4n) is 3.95. The molecule has 1 aromatic carbocycles. The van der Waals surface area contributed by atoms with E-state index in [1.54, 1.807) is 0 Å². The van der Waals surface area contributed by atoms with Crippen molar-refractivity contribution in [3.8, 4) is 0 Å². The van der Waals surface area contributed by atoms with Crippen molar-refractivity contribution >= 4 is 11.5 Å². The van der Waals surface area contributed by atoms with Gasteiger partial charge in [0.1, 0.15) is 0 Å². The smallest absolute Gasteiger partial charge is 0.307 e. The molecule has 1 unspecified atom stereocenters. The van der Waals surface area contributed by atoms with Crippen LogP contribution < -0.4 is 5.32 Å². The molecule has 3 rings (SSSR count). The molecule has 112 valence electrons. The molecule has 0 spiro atoms. The SMILES string of the molecule is C/C=C1/CC2NC[C@H](C(=O)O)C[C@@H]2c2cccc(CC)c21. The number of hydrogen-bond acceptors (Lipinski definition) is 2. The molecule has 0 saturated carbocycles. The van der Waals surface area contributed by atoms with E-state index < -0.39 is 5.97 Å². The van der Waals surface area contributed by atoms with Crippen LogP contribution in [0.2, 0.25) is 0 Å². The summed E-state index contributed by atoms with van der Waals surface area (Å²) in [6.45, 7) is 4.89. The number of piperidine rings is 1. The Balaban J connectivity index is 2.06.